The molecule has 1 aliphatic heterocycles. The minimum absolute atomic E-state index is 0.124. The summed E-state index contributed by atoms with van der Waals surface area (Å²) in [6.07, 6.45) is 0. The predicted octanol–water partition coefficient (Wildman–Crippen LogP) is -0.758. The molecule has 1 amide bonds. The molecular weight excluding hydrogens is 234 g/mol. The van der Waals surface area contributed by atoms with Gasteiger partial charge in [-0.25, -0.2) is 0 Å². The Morgan fingerprint density at radius 1 is 1.39 bits per heavy atom. The van der Waals surface area contributed by atoms with Crippen molar-refractivity contribution in [1.29, 1.82) is 0 Å². The van der Waals surface area contributed by atoms with E-state index < -0.39 is 0 Å². The molecule has 0 bridgehead atoms. The topological polar surface area (TPSA) is 74.5 Å². The van der Waals surface area contributed by atoms with Gasteiger partial charge in [-0.1, -0.05) is 5.16 Å². The number of rotatable bonds is 4. The Bertz CT molecular complexity index is 398. The molecule has 1 aromatic rings. The van der Waals surface area contributed by atoms with Crippen LogP contribution in [0.1, 0.15) is 11.7 Å². The fraction of sp³-hybridized carbons (Fsp3) is 0.727. The molecule has 0 saturated carbocycles. The van der Waals surface area contributed by atoms with Crippen LogP contribution < -0.4 is 5.32 Å². The molecule has 1 aliphatic rings. The third-order valence-corrected chi connectivity index (χ3v) is 2.98. The number of nitrogens with one attached hydrogen (secondary N) is 1. The first-order valence-electron chi connectivity index (χ1n) is 6.11. The van der Waals surface area contributed by atoms with Gasteiger partial charge in [0, 0.05) is 26.2 Å². The molecule has 2 heterocycles. The Labute approximate surface area is 106 Å². The molecule has 1 N–H and O–H groups in total. The second-order valence-corrected chi connectivity index (χ2v) is 4.52. The van der Waals surface area contributed by atoms with Crippen molar-refractivity contribution in [3.63, 3.8) is 0 Å². The number of aromatic nitrogens is 2. The van der Waals surface area contributed by atoms with Gasteiger partial charge < -0.3 is 14.3 Å². The summed E-state index contributed by atoms with van der Waals surface area (Å²) in [6.45, 7) is 5.99. The average Bonchev–Trinajstić information content (AvgIpc) is 2.76. The Morgan fingerprint density at radius 2 is 2.11 bits per heavy atom. The van der Waals surface area contributed by atoms with E-state index in [1.807, 2.05) is 4.90 Å². The van der Waals surface area contributed by atoms with Crippen LogP contribution in [-0.4, -0.2) is 65.6 Å². The highest BCUT2D eigenvalue weighted by Gasteiger charge is 2.18. The van der Waals surface area contributed by atoms with Crippen LogP contribution in [0.4, 0.5) is 0 Å². The van der Waals surface area contributed by atoms with E-state index in [0.29, 0.717) is 24.8 Å². The zero-order valence-electron chi connectivity index (χ0n) is 10.8. The van der Waals surface area contributed by atoms with E-state index >= 15 is 0 Å². The Kier molecular flexibility index (Phi) is 4.27. The lowest BCUT2D eigenvalue weighted by Gasteiger charge is -2.32. The van der Waals surface area contributed by atoms with Crippen LogP contribution >= 0.6 is 0 Å². The number of amides is 1. The van der Waals surface area contributed by atoms with Crippen molar-refractivity contribution >= 4 is 5.91 Å². The Hall–Kier alpha value is -1.47. The van der Waals surface area contributed by atoms with Gasteiger partial charge in [0.15, 0.2) is 5.82 Å². The summed E-state index contributed by atoms with van der Waals surface area (Å²) in [6, 6.07) is 0. The van der Waals surface area contributed by atoms with Crippen LogP contribution in [0.5, 0.6) is 0 Å². The van der Waals surface area contributed by atoms with Gasteiger partial charge in [0.1, 0.15) is 0 Å². The van der Waals surface area contributed by atoms with Gasteiger partial charge in [-0.15, -0.1) is 0 Å². The summed E-state index contributed by atoms with van der Waals surface area (Å²) in [5, 5.41) is 6.71. The molecule has 100 valence electrons. The fourth-order valence-corrected chi connectivity index (χ4v) is 1.86. The lowest BCUT2D eigenvalue weighted by atomic mass is 10.3. The number of hydrogen-bond donors (Lipinski definition) is 1. The molecular formula is C11H19N5O2. The maximum Gasteiger partial charge on any atom is 0.240 e. The van der Waals surface area contributed by atoms with Crippen LogP contribution in [0.15, 0.2) is 4.52 Å². The number of aryl methyl sites for hydroxylation is 1. The lowest BCUT2D eigenvalue weighted by Crippen LogP contribution is -2.49. The molecule has 0 radical (unpaired) electrons. The van der Waals surface area contributed by atoms with Gasteiger partial charge in [-0.2, -0.15) is 4.98 Å². The van der Waals surface area contributed by atoms with E-state index in [1.165, 1.54) is 0 Å². The number of nitrogens with zero attached hydrogens (tertiary/aromatic N) is 4. The van der Waals surface area contributed by atoms with E-state index in [1.54, 1.807) is 6.92 Å². The van der Waals surface area contributed by atoms with Gasteiger partial charge in [0.25, 0.3) is 0 Å². The average molecular weight is 253 g/mol. The van der Waals surface area contributed by atoms with Crippen molar-refractivity contribution < 1.29 is 9.32 Å². The minimum atomic E-state index is 0.124. The molecule has 0 spiro atoms. The van der Waals surface area contributed by atoms with Crippen molar-refractivity contribution in [2.24, 2.45) is 0 Å². The first-order chi connectivity index (χ1) is 8.65. The third-order valence-electron chi connectivity index (χ3n) is 2.98. The Morgan fingerprint density at radius 3 is 2.72 bits per heavy atom. The number of carbonyl (C=O) groups is 1. The van der Waals surface area contributed by atoms with Crippen LogP contribution in [0.2, 0.25) is 0 Å². The molecule has 1 aromatic heterocycles. The molecule has 1 saturated heterocycles. The van der Waals surface area contributed by atoms with Gasteiger partial charge in [0.05, 0.1) is 13.1 Å². The monoisotopic (exact) mass is 253 g/mol. The second kappa shape index (κ2) is 5.92. The van der Waals surface area contributed by atoms with E-state index in [0.717, 1.165) is 26.2 Å². The van der Waals surface area contributed by atoms with Crippen LogP contribution in [0.25, 0.3) is 0 Å². The highest BCUT2D eigenvalue weighted by Crippen LogP contribution is 1.99. The van der Waals surface area contributed by atoms with E-state index in [4.69, 9.17) is 4.52 Å². The normalized spacial score (nSPS) is 17.1. The highest BCUT2D eigenvalue weighted by molar-refractivity contribution is 5.78. The molecule has 0 atom stereocenters. The van der Waals surface area contributed by atoms with E-state index in [2.05, 4.69) is 27.4 Å². The summed E-state index contributed by atoms with van der Waals surface area (Å²) in [7, 11) is 2.07. The standard InChI is InChI=1S/C11H19N5O2/c1-9-13-10(18-14-9)7-12-8-11(17)16-5-3-15(2)4-6-16/h12H,3-8H2,1-2H3. The smallest absolute Gasteiger partial charge is 0.240 e. The number of hydrogen-bond acceptors (Lipinski definition) is 6. The molecule has 18 heavy (non-hydrogen) atoms. The zero-order valence-corrected chi connectivity index (χ0v) is 10.8. The lowest BCUT2D eigenvalue weighted by molar-refractivity contribution is -0.131. The first kappa shape index (κ1) is 13.0. The highest BCUT2D eigenvalue weighted by atomic mass is 16.5. The molecule has 0 unspecified atom stereocenters. The molecule has 0 aromatic carbocycles. The van der Waals surface area contributed by atoms with Crippen molar-refractivity contribution in [3.8, 4) is 0 Å². The molecule has 7 nitrogen and oxygen atoms in total. The van der Waals surface area contributed by atoms with Crippen molar-refractivity contribution in [2.75, 3.05) is 39.8 Å². The van der Waals surface area contributed by atoms with Gasteiger partial charge >= 0.3 is 0 Å². The number of carbonyl (C=O) groups excluding carboxylic acids is 1. The van der Waals surface area contributed by atoms with Gasteiger partial charge in [-0.05, 0) is 14.0 Å². The predicted molar refractivity (Wildman–Crippen MR) is 64.8 cm³/mol. The first-order valence-corrected chi connectivity index (χ1v) is 6.11. The second-order valence-electron chi connectivity index (χ2n) is 4.52. The van der Waals surface area contributed by atoms with Gasteiger partial charge in [-0.3, -0.25) is 10.1 Å². The molecule has 0 aliphatic carbocycles. The van der Waals surface area contributed by atoms with Crippen LogP contribution in [0.3, 0.4) is 0 Å². The molecule has 1 fully saturated rings. The third kappa shape index (κ3) is 3.51. The van der Waals surface area contributed by atoms with E-state index in [-0.39, 0.29) is 5.91 Å². The zero-order chi connectivity index (χ0) is 13.0. The van der Waals surface area contributed by atoms with Crippen molar-refractivity contribution in [2.45, 2.75) is 13.5 Å². The number of likely N-dealkylation sites (N-methyl/N-ethyl adjacent to an activating group) is 1. The largest absolute Gasteiger partial charge is 0.339 e. The SMILES string of the molecule is Cc1noc(CNCC(=O)N2CCN(C)CC2)n1. The summed E-state index contributed by atoms with van der Waals surface area (Å²) in [5.41, 5.74) is 0. The number of piperazine rings is 1. The maximum absolute atomic E-state index is 11.9. The van der Waals surface area contributed by atoms with E-state index in [9.17, 15) is 4.79 Å². The Balaban J connectivity index is 1.68. The summed E-state index contributed by atoms with van der Waals surface area (Å²) >= 11 is 0. The minimum Gasteiger partial charge on any atom is -0.339 e. The summed E-state index contributed by atoms with van der Waals surface area (Å²) in [5.74, 6) is 1.25. The fourth-order valence-electron chi connectivity index (χ4n) is 1.86. The quantitative estimate of drug-likeness (QED) is 0.760. The summed E-state index contributed by atoms with van der Waals surface area (Å²) < 4.78 is 4.95. The molecule has 7 heteroatoms. The maximum atomic E-state index is 11.9. The molecule has 2 rings (SSSR count). The van der Waals surface area contributed by atoms with Crippen molar-refractivity contribution in [3.05, 3.63) is 11.7 Å². The van der Waals surface area contributed by atoms with Crippen LogP contribution in [-0.2, 0) is 11.3 Å². The van der Waals surface area contributed by atoms with Crippen molar-refractivity contribution in [1.82, 2.24) is 25.3 Å². The van der Waals surface area contributed by atoms with Gasteiger partial charge in [0.2, 0.25) is 11.8 Å². The van der Waals surface area contributed by atoms with Crippen LogP contribution in [0, 0.1) is 6.92 Å². The summed E-state index contributed by atoms with van der Waals surface area (Å²) in [4.78, 5) is 20.0.